The Bertz CT molecular complexity index is 220. The van der Waals surface area contributed by atoms with E-state index in [4.69, 9.17) is 0 Å². The van der Waals surface area contributed by atoms with E-state index in [1.807, 2.05) is 13.8 Å². The zero-order chi connectivity index (χ0) is 7.94. The topological polar surface area (TPSA) is 37.1 Å². The molecule has 0 saturated carbocycles. The van der Waals surface area contributed by atoms with Crippen molar-refractivity contribution in [3.63, 3.8) is 0 Å². The molecule has 1 saturated heterocycles. The Balaban J connectivity index is 2.51. The van der Waals surface area contributed by atoms with Crippen molar-refractivity contribution in [3.05, 3.63) is 0 Å². The highest BCUT2D eigenvalue weighted by molar-refractivity contribution is 7.95. The molecule has 3 nitrogen and oxygen atoms in total. The quantitative estimate of drug-likeness (QED) is 0.560. The second-order valence-electron chi connectivity index (χ2n) is 3.15. The molecule has 0 aliphatic carbocycles. The first-order chi connectivity index (χ1) is 4.46. The van der Waals surface area contributed by atoms with Crippen molar-refractivity contribution >= 4 is 10.0 Å². The average Bonchev–Trinajstić information content (AvgIpc) is 2.17. The van der Waals surface area contributed by atoms with Crippen LogP contribution in [0.3, 0.4) is 0 Å². The molecule has 0 N–H and O–H groups in total. The van der Waals surface area contributed by atoms with Gasteiger partial charge in [-0.3, -0.25) is 0 Å². The molecule has 0 aromatic rings. The summed E-state index contributed by atoms with van der Waals surface area (Å²) in [5.74, 6) is 0.463. The summed E-state index contributed by atoms with van der Waals surface area (Å²) >= 11 is 0. The van der Waals surface area contributed by atoms with E-state index in [9.17, 15) is 8.42 Å². The third-order valence-corrected chi connectivity index (χ3v) is 3.82. The smallest absolute Gasteiger partial charge is 0.210 e. The molecule has 0 spiro atoms. The Morgan fingerprint density at radius 1 is 1.50 bits per heavy atom. The van der Waals surface area contributed by atoms with Crippen molar-refractivity contribution in [1.82, 2.24) is 4.31 Å². The molecule has 1 heterocycles. The summed E-state index contributed by atoms with van der Waals surface area (Å²) in [6, 6.07) is 0. The molecule has 60 valence electrons. The number of rotatable bonds is 2. The van der Waals surface area contributed by atoms with Gasteiger partial charge in [0, 0.05) is 7.05 Å². The summed E-state index contributed by atoms with van der Waals surface area (Å²) < 4.78 is 23.2. The van der Waals surface area contributed by atoms with Crippen molar-refractivity contribution in [2.45, 2.75) is 25.6 Å². The number of hydrogen-bond acceptors (Lipinski definition) is 2. The largest absolute Gasteiger partial charge is 0.232 e. The molecule has 1 rings (SSSR count). The first kappa shape index (κ1) is 8.01. The van der Waals surface area contributed by atoms with E-state index in [1.54, 1.807) is 7.05 Å². The molecule has 1 aliphatic heterocycles. The molecule has 2 unspecified atom stereocenters. The molecule has 0 bridgehead atoms. The van der Waals surface area contributed by atoms with Crippen LogP contribution in [0.1, 0.15) is 20.3 Å². The summed E-state index contributed by atoms with van der Waals surface area (Å²) in [7, 11) is -1.17. The average molecular weight is 163 g/mol. The predicted octanol–water partition coefficient (Wildman–Crippen LogP) is 0.634. The maximum atomic E-state index is 10.9. The van der Waals surface area contributed by atoms with Gasteiger partial charge in [0.15, 0.2) is 0 Å². The number of nitrogens with zero attached hydrogens (tertiary/aromatic N) is 1. The SMILES string of the molecule is CC(C)CC1N(C)S1(=O)=O. The third kappa shape index (κ3) is 1.18. The lowest BCUT2D eigenvalue weighted by molar-refractivity contribution is 0.507. The van der Waals surface area contributed by atoms with Crippen molar-refractivity contribution in [2.24, 2.45) is 5.92 Å². The van der Waals surface area contributed by atoms with Gasteiger partial charge in [0.2, 0.25) is 10.0 Å². The summed E-state index contributed by atoms with van der Waals surface area (Å²) in [6.07, 6.45) is 0.763. The highest BCUT2D eigenvalue weighted by Gasteiger charge is 2.50. The van der Waals surface area contributed by atoms with Gasteiger partial charge in [-0.25, -0.2) is 8.42 Å². The Hall–Kier alpha value is -0.0900. The fourth-order valence-electron chi connectivity index (χ4n) is 1.02. The monoisotopic (exact) mass is 163 g/mol. The van der Waals surface area contributed by atoms with Gasteiger partial charge in [0.25, 0.3) is 0 Å². The maximum absolute atomic E-state index is 10.9. The van der Waals surface area contributed by atoms with Crippen molar-refractivity contribution in [2.75, 3.05) is 7.05 Å². The summed E-state index contributed by atoms with van der Waals surface area (Å²) in [5.41, 5.74) is 0. The van der Waals surface area contributed by atoms with Crippen LogP contribution in [-0.4, -0.2) is 25.1 Å². The second kappa shape index (κ2) is 2.20. The van der Waals surface area contributed by atoms with Crippen molar-refractivity contribution in [1.29, 1.82) is 0 Å². The molecule has 1 fully saturated rings. The third-order valence-electron chi connectivity index (χ3n) is 1.78. The van der Waals surface area contributed by atoms with Gasteiger partial charge in [-0.05, 0) is 12.3 Å². The van der Waals surface area contributed by atoms with E-state index in [0.717, 1.165) is 6.42 Å². The molecule has 0 aromatic carbocycles. The predicted molar refractivity (Wildman–Crippen MR) is 39.9 cm³/mol. The molecular weight excluding hydrogens is 150 g/mol. The lowest BCUT2D eigenvalue weighted by Gasteiger charge is -1.96. The van der Waals surface area contributed by atoms with Gasteiger partial charge >= 0.3 is 0 Å². The minimum Gasteiger partial charge on any atom is -0.210 e. The molecule has 10 heavy (non-hydrogen) atoms. The normalized spacial score (nSPS) is 36.4. The van der Waals surface area contributed by atoms with Crippen molar-refractivity contribution in [3.8, 4) is 0 Å². The molecule has 0 amide bonds. The number of sulfonamides is 1. The summed E-state index contributed by atoms with van der Waals surface area (Å²) in [4.78, 5) is 0. The van der Waals surface area contributed by atoms with Gasteiger partial charge in [0.05, 0.1) is 0 Å². The van der Waals surface area contributed by atoms with Crippen LogP contribution in [0.5, 0.6) is 0 Å². The van der Waals surface area contributed by atoms with Crippen LogP contribution in [0.2, 0.25) is 0 Å². The lowest BCUT2D eigenvalue weighted by atomic mass is 10.1. The van der Waals surface area contributed by atoms with Crippen LogP contribution >= 0.6 is 0 Å². The molecule has 1 aliphatic rings. The van der Waals surface area contributed by atoms with Gasteiger partial charge < -0.3 is 0 Å². The van der Waals surface area contributed by atoms with E-state index >= 15 is 0 Å². The van der Waals surface area contributed by atoms with Gasteiger partial charge in [-0.1, -0.05) is 13.8 Å². The van der Waals surface area contributed by atoms with Gasteiger partial charge in [-0.2, -0.15) is 4.31 Å². The zero-order valence-electron chi connectivity index (χ0n) is 6.53. The molecule has 4 heteroatoms. The standard InChI is InChI=1S/C6H13NO2S/c1-5(2)4-6-7(3)10(6,8)9/h5-6H,4H2,1-3H3. The molecular formula is C6H13NO2S. The van der Waals surface area contributed by atoms with E-state index in [2.05, 4.69) is 0 Å². The van der Waals surface area contributed by atoms with Crippen LogP contribution in [-0.2, 0) is 10.0 Å². The zero-order valence-corrected chi connectivity index (χ0v) is 7.35. The first-order valence-corrected chi connectivity index (χ1v) is 4.93. The van der Waals surface area contributed by atoms with E-state index in [0.29, 0.717) is 5.92 Å². The Kier molecular flexibility index (Phi) is 1.76. The van der Waals surface area contributed by atoms with E-state index < -0.39 is 10.0 Å². The number of hydrogen-bond donors (Lipinski definition) is 0. The van der Waals surface area contributed by atoms with Crippen molar-refractivity contribution < 1.29 is 8.42 Å². The second-order valence-corrected chi connectivity index (χ2v) is 5.30. The fraction of sp³-hybridized carbons (Fsp3) is 1.00. The minimum absolute atomic E-state index is 0.188. The minimum atomic E-state index is -2.80. The Labute approximate surface area is 62.1 Å². The summed E-state index contributed by atoms with van der Waals surface area (Å²) in [5, 5.41) is -0.188. The molecule has 0 radical (unpaired) electrons. The van der Waals surface area contributed by atoms with Crippen LogP contribution in [0.4, 0.5) is 0 Å². The van der Waals surface area contributed by atoms with Crippen LogP contribution in [0.25, 0.3) is 0 Å². The molecule has 2 atom stereocenters. The first-order valence-electron chi connectivity index (χ1n) is 3.43. The Morgan fingerprint density at radius 3 is 2.00 bits per heavy atom. The van der Waals surface area contributed by atoms with Gasteiger partial charge in [-0.15, -0.1) is 0 Å². The lowest BCUT2D eigenvalue weighted by Crippen LogP contribution is -1.98. The van der Waals surface area contributed by atoms with E-state index in [1.165, 1.54) is 4.31 Å². The summed E-state index contributed by atoms with van der Waals surface area (Å²) in [6.45, 7) is 4.06. The fourth-order valence-corrected chi connectivity index (χ4v) is 2.64. The highest BCUT2D eigenvalue weighted by atomic mass is 32.2. The van der Waals surface area contributed by atoms with Crippen LogP contribution < -0.4 is 0 Å². The molecule has 0 aromatic heterocycles. The van der Waals surface area contributed by atoms with E-state index in [-0.39, 0.29) is 5.37 Å². The van der Waals surface area contributed by atoms with Crippen LogP contribution in [0.15, 0.2) is 0 Å². The Morgan fingerprint density at radius 2 is 1.90 bits per heavy atom. The highest BCUT2D eigenvalue weighted by Crippen LogP contribution is 2.32. The van der Waals surface area contributed by atoms with Crippen LogP contribution in [0, 0.1) is 5.92 Å². The maximum Gasteiger partial charge on any atom is 0.232 e. The van der Waals surface area contributed by atoms with Gasteiger partial charge in [0.1, 0.15) is 5.37 Å².